The lowest BCUT2D eigenvalue weighted by atomic mass is 9.84. The molecular formula is C23H22FN3O2. The first-order chi connectivity index (χ1) is 14.1. The molecule has 2 atom stereocenters. The molecule has 6 heteroatoms. The minimum absolute atomic E-state index is 0.0668. The standard InChI is InChI=1S/C23H22FN3O2/c1-14-25-22(26-29-14)16-3-2-4-17(11-16)23(28)27-20-9-10-21(27)13-18(12-20)15-5-7-19(24)8-6-15/h2-8,11,18,20-21H,9-10,12-13H2,1H3. The quantitative estimate of drug-likeness (QED) is 0.647. The highest BCUT2D eigenvalue weighted by Gasteiger charge is 2.43. The van der Waals surface area contributed by atoms with Gasteiger partial charge in [-0.05, 0) is 61.4 Å². The van der Waals surface area contributed by atoms with Gasteiger partial charge in [0.15, 0.2) is 0 Å². The molecule has 1 amide bonds. The van der Waals surface area contributed by atoms with Crippen LogP contribution in [0.15, 0.2) is 53.1 Å². The Morgan fingerprint density at radius 3 is 2.48 bits per heavy atom. The highest BCUT2D eigenvalue weighted by atomic mass is 19.1. The van der Waals surface area contributed by atoms with E-state index in [0.717, 1.165) is 31.2 Å². The summed E-state index contributed by atoms with van der Waals surface area (Å²) in [6.07, 6.45) is 3.91. The number of piperidine rings is 1. The van der Waals surface area contributed by atoms with Crippen LogP contribution < -0.4 is 0 Å². The van der Waals surface area contributed by atoms with E-state index in [1.54, 1.807) is 6.92 Å². The van der Waals surface area contributed by atoms with E-state index in [1.165, 1.54) is 17.7 Å². The third-order valence-electron chi connectivity index (χ3n) is 6.20. The maximum Gasteiger partial charge on any atom is 0.254 e. The lowest BCUT2D eigenvalue weighted by Gasteiger charge is -2.39. The van der Waals surface area contributed by atoms with Gasteiger partial charge in [0.2, 0.25) is 11.7 Å². The molecule has 2 aliphatic heterocycles. The Labute approximate surface area is 168 Å². The Morgan fingerprint density at radius 2 is 1.83 bits per heavy atom. The Balaban J connectivity index is 1.37. The number of carbonyl (C=O) groups is 1. The zero-order chi connectivity index (χ0) is 20.0. The van der Waals surface area contributed by atoms with Crippen molar-refractivity contribution >= 4 is 5.91 Å². The molecule has 5 rings (SSSR count). The number of aryl methyl sites for hydroxylation is 1. The van der Waals surface area contributed by atoms with Crippen molar-refractivity contribution < 1.29 is 13.7 Å². The van der Waals surface area contributed by atoms with Crippen molar-refractivity contribution in [1.82, 2.24) is 15.0 Å². The van der Waals surface area contributed by atoms with Crippen LogP contribution in [-0.2, 0) is 0 Å². The monoisotopic (exact) mass is 391 g/mol. The number of hydrogen-bond acceptors (Lipinski definition) is 4. The molecule has 1 aromatic heterocycles. The van der Waals surface area contributed by atoms with Crippen molar-refractivity contribution in [3.05, 3.63) is 71.4 Å². The van der Waals surface area contributed by atoms with Crippen molar-refractivity contribution in [3.63, 3.8) is 0 Å². The van der Waals surface area contributed by atoms with Crippen molar-refractivity contribution in [1.29, 1.82) is 0 Å². The van der Waals surface area contributed by atoms with Gasteiger partial charge >= 0.3 is 0 Å². The summed E-state index contributed by atoms with van der Waals surface area (Å²) >= 11 is 0. The van der Waals surface area contributed by atoms with E-state index < -0.39 is 0 Å². The number of nitrogens with zero attached hydrogens (tertiary/aromatic N) is 3. The summed E-state index contributed by atoms with van der Waals surface area (Å²) in [7, 11) is 0. The summed E-state index contributed by atoms with van der Waals surface area (Å²) in [5, 5.41) is 3.95. The molecule has 3 aromatic rings. The summed E-state index contributed by atoms with van der Waals surface area (Å²) in [5.74, 6) is 1.23. The number of halogens is 1. The van der Waals surface area contributed by atoms with E-state index in [-0.39, 0.29) is 23.8 Å². The van der Waals surface area contributed by atoms with Gasteiger partial charge in [-0.25, -0.2) is 4.39 Å². The van der Waals surface area contributed by atoms with Crippen LogP contribution in [0.25, 0.3) is 11.4 Å². The van der Waals surface area contributed by atoms with Crippen molar-refractivity contribution in [2.24, 2.45) is 0 Å². The molecule has 0 spiro atoms. The topological polar surface area (TPSA) is 59.2 Å². The van der Waals surface area contributed by atoms with E-state index in [9.17, 15) is 9.18 Å². The average molecular weight is 391 g/mol. The fourth-order valence-electron chi connectivity index (χ4n) is 4.87. The Hall–Kier alpha value is -3.02. The number of benzene rings is 2. The molecule has 2 saturated heterocycles. The van der Waals surface area contributed by atoms with Gasteiger partial charge in [-0.2, -0.15) is 4.98 Å². The fraction of sp³-hybridized carbons (Fsp3) is 0.348. The molecule has 29 heavy (non-hydrogen) atoms. The Kier molecular flexibility index (Phi) is 4.42. The van der Waals surface area contributed by atoms with Crippen LogP contribution in [0.4, 0.5) is 4.39 Å². The summed E-state index contributed by atoms with van der Waals surface area (Å²) in [6, 6.07) is 14.7. The summed E-state index contributed by atoms with van der Waals surface area (Å²) < 4.78 is 18.3. The zero-order valence-electron chi connectivity index (χ0n) is 16.2. The van der Waals surface area contributed by atoms with Crippen LogP contribution in [0, 0.1) is 12.7 Å². The highest BCUT2D eigenvalue weighted by molar-refractivity contribution is 5.96. The summed E-state index contributed by atoms with van der Waals surface area (Å²) in [4.78, 5) is 19.7. The predicted octanol–water partition coefficient (Wildman–Crippen LogP) is 4.73. The maximum absolute atomic E-state index is 13.3. The summed E-state index contributed by atoms with van der Waals surface area (Å²) in [6.45, 7) is 1.74. The number of rotatable bonds is 3. The first-order valence-electron chi connectivity index (χ1n) is 10.1. The molecule has 3 heterocycles. The number of amides is 1. The smallest absolute Gasteiger partial charge is 0.254 e. The first-order valence-corrected chi connectivity index (χ1v) is 10.1. The molecule has 148 valence electrons. The molecule has 2 aromatic carbocycles. The molecule has 0 aliphatic carbocycles. The molecule has 2 aliphatic rings. The van der Waals surface area contributed by atoms with E-state index >= 15 is 0 Å². The predicted molar refractivity (Wildman–Crippen MR) is 106 cm³/mol. The van der Waals surface area contributed by atoms with E-state index in [2.05, 4.69) is 15.0 Å². The maximum atomic E-state index is 13.3. The Morgan fingerprint density at radius 1 is 1.10 bits per heavy atom. The summed E-state index contributed by atoms with van der Waals surface area (Å²) in [5.41, 5.74) is 2.60. The third kappa shape index (κ3) is 3.33. The van der Waals surface area contributed by atoms with Crippen molar-refractivity contribution in [2.45, 2.75) is 50.6 Å². The average Bonchev–Trinajstić information content (AvgIpc) is 3.28. The van der Waals surface area contributed by atoms with Gasteiger partial charge < -0.3 is 9.42 Å². The van der Waals surface area contributed by atoms with Gasteiger partial charge in [0.25, 0.3) is 5.91 Å². The molecule has 0 saturated carbocycles. The Bertz CT molecular complexity index is 1030. The molecule has 0 radical (unpaired) electrons. The second kappa shape index (κ2) is 7.10. The third-order valence-corrected chi connectivity index (χ3v) is 6.20. The molecular weight excluding hydrogens is 369 g/mol. The molecule has 0 N–H and O–H groups in total. The lowest BCUT2D eigenvalue weighted by molar-refractivity contribution is 0.0571. The lowest BCUT2D eigenvalue weighted by Crippen LogP contribution is -2.46. The fourth-order valence-corrected chi connectivity index (χ4v) is 4.87. The second-order valence-electron chi connectivity index (χ2n) is 8.04. The van der Waals surface area contributed by atoms with Gasteiger partial charge in [0.05, 0.1) is 0 Å². The largest absolute Gasteiger partial charge is 0.339 e. The number of aromatic nitrogens is 2. The van der Waals surface area contributed by atoms with Crippen LogP contribution in [0.5, 0.6) is 0 Å². The minimum Gasteiger partial charge on any atom is -0.339 e. The van der Waals surface area contributed by atoms with Crippen LogP contribution in [0.3, 0.4) is 0 Å². The van der Waals surface area contributed by atoms with Crippen molar-refractivity contribution in [2.75, 3.05) is 0 Å². The van der Waals surface area contributed by atoms with Crippen LogP contribution in [0.2, 0.25) is 0 Å². The van der Waals surface area contributed by atoms with Crippen molar-refractivity contribution in [3.8, 4) is 11.4 Å². The van der Waals surface area contributed by atoms with Crippen LogP contribution in [-0.4, -0.2) is 33.0 Å². The van der Waals surface area contributed by atoms with E-state index in [4.69, 9.17) is 4.52 Å². The SMILES string of the molecule is Cc1nc(-c2cccc(C(=O)N3C4CCC3CC(c3ccc(F)cc3)C4)c2)no1. The van der Waals surface area contributed by atoms with Gasteiger partial charge in [-0.15, -0.1) is 0 Å². The molecule has 5 nitrogen and oxygen atoms in total. The second-order valence-corrected chi connectivity index (χ2v) is 8.04. The van der Waals surface area contributed by atoms with E-state index in [0.29, 0.717) is 23.2 Å². The molecule has 2 unspecified atom stereocenters. The number of carbonyl (C=O) groups excluding carboxylic acids is 1. The zero-order valence-corrected chi connectivity index (χ0v) is 16.2. The molecule has 2 fully saturated rings. The van der Waals surface area contributed by atoms with E-state index in [1.807, 2.05) is 36.4 Å². The minimum atomic E-state index is -0.207. The van der Waals surface area contributed by atoms with Gasteiger partial charge in [0, 0.05) is 30.1 Å². The number of fused-ring (bicyclic) bond motifs is 2. The normalized spacial score (nSPS) is 23.4. The van der Waals surface area contributed by atoms with Crippen LogP contribution >= 0.6 is 0 Å². The van der Waals surface area contributed by atoms with Gasteiger partial charge in [0.1, 0.15) is 5.82 Å². The molecule has 2 bridgehead atoms. The van der Waals surface area contributed by atoms with Gasteiger partial charge in [-0.1, -0.05) is 29.4 Å². The first kappa shape index (κ1) is 18.0. The number of hydrogen-bond donors (Lipinski definition) is 0. The van der Waals surface area contributed by atoms with Gasteiger partial charge in [-0.3, -0.25) is 4.79 Å². The highest BCUT2D eigenvalue weighted by Crippen LogP contribution is 2.43. The van der Waals surface area contributed by atoms with Crippen LogP contribution in [0.1, 0.15) is 53.4 Å².